The lowest BCUT2D eigenvalue weighted by atomic mass is 10.1. The molecule has 2 aliphatic rings. The molecule has 0 saturated carbocycles. The van der Waals surface area contributed by atoms with Gasteiger partial charge in [-0.25, -0.2) is 9.97 Å². The van der Waals surface area contributed by atoms with Crippen LogP contribution in [0.2, 0.25) is 0 Å². The van der Waals surface area contributed by atoms with Crippen molar-refractivity contribution in [1.29, 1.82) is 0 Å². The van der Waals surface area contributed by atoms with Crippen molar-refractivity contribution in [2.75, 3.05) is 30.0 Å². The van der Waals surface area contributed by atoms with E-state index in [1.807, 2.05) is 48.8 Å². The molecule has 2 fully saturated rings. The molecule has 2 saturated heterocycles. The van der Waals surface area contributed by atoms with Gasteiger partial charge in [0.15, 0.2) is 0 Å². The van der Waals surface area contributed by atoms with Crippen LogP contribution < -0.4 is 21.2 Å². The largest absolute Gasteiger partial charge is 0.334 e. The van der Waals surface area contributed by atoms with Crippen LogP contribution in [0.15, 0.2) is 71.9 Å². The molecule has 8 heteroatoms. The second-order valence-corrected chi connectivity index (χ2v) is 9.31. The number of para-hydroxylation sites is 1. The minimum absolute atomic E-state index is 0.122. The van der Waals surface area contributed by atoms with Crippen LogP contribution in [0.1, 0.15) is 37.3 Å². The zero-order chi connectivity index (χ0) is 23.6. The van der Waals surface area contributed by atoms with Gasteiger partial charge in [-0.15, -0.1) is 0 Å². The highest BCUT2D eigenvalue weighted by atomic mass is 16.1. The summed E-state index contributed by atoms with van der Waals surface area (Å²) in [5.41, 5.74) is 6.58. The van der Waals surface area contributed by atoms with E-state index in [2.05, 4.69) is 32.8 Å². The summed E-state index contributed by atoms with van der Waals surface area (Å²) in [6.07, 6.45) is 9.48. The molecule has 2 N–H and O–H groups in total. The SMILES string of the molecule is O=c1c(-c2ccc3ccccc3n2)cnc(N2CCCC2c2ccncc2)n1N[C@@H]1CCCNC1. The molecule has 0 amide bonds. The summed E-state index contributed by atoms with van der Waals surface area (Å²) >= 11 is 0. The standard InChI is InChI=1S/C27H29N7O/c35-26-22(24-10-9-19-5-1-2-7-23(19)31-24)18-30-27(34(26)32-21-6-3-13-29-17-21)33-16-4-8-25(33)20-11-14-28-15-12-20/h1-2,5,7,9-12,14-15,18,21,25,29,32H,3-4,6,8,13,16-17H2/t21-,25?/m1/s1. The van der Waals surface area contributed by atoms with Crippen molar-refractivity contribution < 1.29 is 0 Å². The van der Waals surface area contributed by atoms with Gasteiger partial charge >= 0.3 is 0 Å². The van der Waals surface area contributed by atoms with Crippen molar-refractivity contribution in [3.63, 3.8) is 0 Å². The summed E-state index contributed by atoms with van der Waals surface area (Å²) in [7, 11) is 0. The number of rotatable bonds is 5. The predicted molar refractivity (Wildman–Crippen MR) is 138 cm³/mol. The van der Waals surface area contributed by atoms with E-state index in [1.54, 1.807) is 10.9 Å². The van der Waals surface area contributed by atoms with Crippen LogP contribution in [0.3, 0.4) is 0 Å². The Hall–Kier alpha value is -3.78. The molecular formula is C27H29N7O. The average Bonchev–Trinajstić information content (AvgIpc) is 3.40. The molecular weight excluding hydrogens is 438 g/mol. The van der Waals surface area contributed by atoms with E-state index in [0.29, 0.717) is 17.2 Å². The molecule has 3 aromatic heterocycles. The molecule has 0 bridgehead atoms. The van der Waals surface area contributed by atoms with Crippen LogP contribution in [-0.2, 0) is 0 Å². The zero-order valence-electron chi connectivity index (χ0n) is 19.6. The first-order valence-corrected chi connectivity index (χ1v) is 12.4. The molecule has 178 valence electrons. The van der Waals surface area contributed by atoms with Gasteiger partial charge < -0.3 is 15.6 Å². The third kappa shape index (κ3) is 4.25. The lowest BCUT2D eigenvalue weighted by Crippen LogP contribution is -2.47. The Morgan fingerprint density at radius 2 is 1.89 bits per heavy atom. The number of nitrogens with zero attached hydrogens (tertiary/aromatic N) is 5. The molecule has 5 heterocycles. The minimum Gasteiger partial charge on any atom is -0.334 e. The lowest BCUT2D eigenvalue weighted by molar-refractivity contribution is 0.450. The van der Waals surface area contributed by atoms with Crippen LogP contribution in [0.4, 0.5) is 5.95 Å². The number of nitrogens with one attached hydrogen (secondary N) is 2. The van der Waals surface area contributed by atoms with Crippen molar-refractivity contribution >= 4 is 16.9 Å². The number of pyridine rings is 2. The predicted octanol–water partition coefficient (Wildman–Crippen LogP) is 3.49. The Labute approximate surface area is 204 Å². The first-order chi connectivity index (χ1) is 17.3. The molecule has 0 spiro atoms. The zero-order valence-corrected chi connectivity index (χ0v) is 19.6. The van der Waals surface area contributed by atoms with Gasteiger partial charge in [0.2, 0.25) is 5.95 Å². The Morgan fingerprint density at radius 1 is 1.00 bits per heavy atom. The monoisotopic (exact) mass is 467 g/mol. The maximum Gasteiger partial charge on any atom is 0.283 e. The number of hydrogen-bond acceptors (Lipinski definition) is 7. The smallest absolute Gasteiger partial charge is 0.283 e. The van der Waals surface area contributed by atoms with E-state index in [-0.39, 0.29) is 17.6 Å². The maximum absolute atomic E-state index is 14.0. The fourth-order valence-electron chi connectivity index (χ4n) is 5.24. The summed E-state index contributed by atoms with van der Waals surface area (Å²) in [6.45, 7) is 2.67. The topological polar surface area (TPSA) is 88.0 Å². The summed E-state index contributed by atoms with van der Waals surface area (Å²) in [6, 6.07) is 16.3. The fraction of sp³-hybridized carbons (Fsp3) is 0.333. The number of benzene rings is 1. The van der Waals surface area contributed by atoms with E-state index < -0.39 is 0 Å². The Balaban J connectivity index is 1.44. The molecule has 6 rings (SSSR count). The normalized spacial score (nSPS) is 20.3. The Morgan fingerprint density at radius 3 is 2.74 bits per heavy atom. The van der Waals surface area contributed by atoms with Crippen LogP contribution in [0, 0.1) is 0 Å². The minimum atomic E-state index is -0.122. The van der Waals surface area contributed by atoms with Gasteiger partial charge in [-0.1, -0.05) is 24.3 Å². The summed E-state index contributed by atoms with van der Waals surface area (Å²) in [5, 5.41) is 4.48. The molecule has 2 aliphatic heterocycles. The highest BCUT2D eigenvalue weighted by Gasteiger charge is 2.31. The van der Waals surface area contributed by atoms with Crippen LogP contribution in [-0.4, -0.2) is 45.3 Å². The molecule has 2 atom stereocenters. The van der Waals surface area contributed by atoms with Crippen LogP contribution >= 0.6 is 0 Å². The number of fused-ring (bicyclic) bond motifs is 1. The van der Waals surface area contributed by atoms with Gasteiger partial charge in [0.05, 0.1) is 28.9 Å². The maximum atomic E-state index is 14.0. The third-order valence-corrected chi connectivity index (χ3v) is 7.03. The molecule has 1 unspecified atom stereocenters. The first-order valence-electron chi connectivity index (χ1n) is 12.4. The van der Waals surface area contributed by atoms with Gasteiger partial charge in [-0.2, -0.15) is 4.68 Å². The van der Waals surface area contributed by atoms with Crippen molar-refractivity contribution in [2.45, 2.75) is 37.8 Å². The first kappa shape index (κ1) is 21.7. The Bertz CT molecular complexity index is 1380. The summed E-state index contributed by atoms with van der Waals surface area (Å²) < 4.78 is 1.67. The number of piperidine rings is 1. The van der Waals surface area contributed by atoms with Crippen molar-refractivity contribution in [2.24, 2.45) is 0 Å². The van der Waals surface area contributed by atoms with Gasteiger partial charge in [0.25, 0.3) is 5.56 Å². The van der Waals surface area contributed by atoms with E-state index in [4.69, 9.17) is 9.97 Å². The number of hydrogen-bond donors (Lipinski definition) is 2. The Kier molecular flexibility index (Phi) is 5.88. The van der Waals surface area contributed by atoms with Crippen molar-refractivity contribution in [3.8, 4) is 11.3 Å². The van der Waals surface area contributed by atoms with Gasteiger partial charge in [-0.3, -0.25) is 9.78 Å². The molecule has 0 aliphatic carbocycles. The van der Waals surface area contributed by atoms with Gasteiger partial charge in [0.1, 0.15) is 0 Å². The average molecular weight is 468 g/mol. The second kappa shape index (κ2) is 9.46. The fourth-order valence-corrected chi connectivity index (χ4v) is 5.24. The number of anilines is 1. The van der Waals surface area contributed by atoms with Gasteiger partial charge in [-0.05, 0) is 62.1 Å². The van der Waals surface area contributed by atoms with E-state index in [1.165, 1.54) is 5.56 Å². The highest BCUT2D eigenvalue weighted by Crippen LogP contribution is 2.34. The van der Waals surface area contributed by atoms with Crippen molar-refractivity contribution in [3.05, 3.63) is 83.0 Å². The molecule has 0 radical (unpaired) electrons. The third-order valence-electron chi connectivity index (χ3n) is 7.03. The molecule has 35 heavy (non-hydrogen) atoms. The lowest BCUT2D eigenvalue weighted by Gasteiger charge is -2.31. The van der Waals surface area contributed by atoms with Crippen LogP contribution in [0.5, 0.6) is 0 Å². The van der Waals surface area contributed by atoms with Crippen LogP contribution in [0.25, 0.3) is 22.2 Å². The van der Waals surface area contributed by atoms with Crippen molar-refractivity contribution in [1.82, 2.24) is 24.9 Å². The molecule has 8 nitrogen and oxygen atoms in total. The van der Waals surface area contributed by atoms with E-state index >= 15 is 0 Å². The summed E-state index contributed by atoms with van der Waals surface area (Å²) in [5.74, 6) is 0.657. The highest BCUT2D eigenvalue weighted by molar-refractivity contribution is 5.81. The number of aromatic nitrogens is 4. The second-order valence-electron chi connectivity index (χ2n) is 9.31. The van der Waals surface area contributed by atoms with E-state index in [9.17, 15) is 4.79 Å². The summed E-state index contributed by atoms with van der Waals surface area (Å²) in [4.78, 5) is 30.0. The molecule has 1 aromatic carbocycles. The van der Waals surface area contributed by atoms with Gasteiger partial charge in [0, 0.05) is 37.1 Å². The van der Waals surface area contributed by atoms with E-state index in [0.717, 1.165) is 56.2 Å². The quantitative estimate of drug-likeness (QED) is 0.465. The molecule has 4 aromatic rings.